The van der Waals surface area contributed by atoms with Gasteiger partial charge in [0, 0.05) is 24.2 Å². The molecule has 0 aromatic carbocycles. The molecule has 15 heavy (non-hydrogen) atoms. The molecule has 1 atom stereocenters. The molecule has 0 radical (unpaired) electrons. The smallest absolute Gasteiger partial charge is 0.160 e. The zero-order valence-corrected chi connectivity index (χ0v) is 9.37. The highest BCUT2D eigenvalue weighted by Gasteiger charge is 2.15. The summed E-state index contributed by atoms with van der Waals surface area (Å²) in [4.78, 5) is 13.6. The minimum absolute atomic E-state index is 0.154. The Morgan fingerprint density at radius 1 is 1.47 bits per heavy atom. The largest absolute Gasteiger partial charge is 0.393 e. The van der Waals surface area contributed by atoms with Crippen LogP contribution < -0.4 is 4.90 Å². The molecule has 1 aromatic rings. The third-order valence-corrected chi connectivity index (χ3v) is 3.63. The Morgan fingerprint density at radius 3 is 3.07 bits per heavy atom. The maximum atomic E-state index is 10.6. The van der Waals surface area contributed by atoms with E-state index >= 15 is 0 Å². The molecule has 1 fully saturated rings. The molecule has 1 N–H and O–H groups in total. The lowest BCUT2D eigenvalue weighted by Crippen LogP contribution is -2.23. The van der Waals surface area contributed by atoms with E-state index in [1.165, 1.54) is 11.3 Å². The lowest BCUT2D eigenvalue weighted by Gasteiger charge is -2.20. The molecule has 1 aliphatic heterocycles. The molecular weight excluding hydrogens is 210 g/mol. The topological polar surface area (TPSA) is 40.5 Å². The van der Waals surface area contributed by atoms with Crippen LogP contribution in [-0.2, 0) is 0 Å². The molecule has 0 amide bonds. The lowest BCUT2D eigenvalue weighted by molar-refractivity contribution is 0.112. The average Bonchev–Trinajstić information content (AvgIpc) is 2.62. The third kappa shape index (κ3) is 2.58. The van der Waals surface area contributed by atoms with E-state index in [4.69, 9.17) is 0 Å². The van der Waals surface area contributed by atoms with Crippen LogP contribution in [0.15, 0.2) is 11.4 Å². The van der Waals surface area contributed by atoms with Crippen molar-refractivity contribution < 1.29 is 9.90 Å². The Hall–Kier alpha value is -0.870. The standard InChI is InChI=1S/C11H15NO2S/c13-7-11-6-9(8-15-11)12-4-1-2-10(14)3-5-12/h6-8,10,14H,1-5H2. The number of nitrogens with zero attached hydrogens (tertiary/aromatic N) is 1. The van der Waals surface area contributed by atoms with Gasteiger partial charge < -0.3 is 10.0 Å². The van der Waals surface area contributed by atoms with Gasteiger partial charge in [0.1, 0.15) is 0 Å². The number of carbonyl (C=O) groups is 1. The molecule has 1 aliphatic rings. The molecule has 0 spiro atoms. The first-order valence-electron chi connectivity index (χ1n) is 5.26. The normalized spacial score (nSPS) is 22.5. The first-order valence-corrected chi connectivity index (χ1v) is 6.14. The molecule has 1 unspecified atom stereocenters. The maximum Gasteiger partial charge on any atom is 0.160 e. The van der Waals surface area contributed by atoms with E-state index < -0.39 is 0 Å². The van der Waals surface area contributed by atoms with Crippen LogP contribution in [0.2, 0.25) is 0 Å². The first kappa shape index (κ1) is 10.6. The molecule has 0 aliphatic carbocycles. The van der Waals surface area contributed by atoms with Gasteiger partial charge in [-0.2, -0.15) is 0 Å². The van der Waals surface area contributed by atoms with Crippen molar-refractivity contribution in [2.24, 2.45) is 0 Å². The van der Waals surface area contributed by atoms with Crippen molar-refractivity contribution in [1.29, 1.82) is 0 Å². The number of anilines is 1. The Bertz CT molecular complexity index is 337. The van der Waals surface area contributed by atoms with Crippen LogP contribution in [0.1, 0.15) is 28.9 Å². The van der Waals surface area contributed by atoms with Gasteiger partial charge >= 0.3 is 0 Å². The summed E-state index contributed by atoms with van der Waals surface area (Å²) in [5.74, 6) is 0. The average molecular weight is 225 g/mol. The van der Waals surface area contributed by atoms with Gasteiger partial charge in [0.05, 0.1) is 11.0 Å². The second-order valence-electron chi connectivity index (χ2n) is 3.90. The van der Waals surface area contributed by atoms with Gasteiger partial charge in [0.2, 0.25) is 0 Å². The van der Waals surface area contributed by atoms with Crippen molar-refractivity contribution >= 4 is 23.3 Å². The van der Waals surface area contributed by atoms with E-state index in [1.54, 1.807) is 0 Å². The quantitative estimate of drug-likeness (QED) is 0.782. The fourth-order valence-corrected chi connectivity index (χ4v) is 2.63. The molecule has 0 saturated carbocycles. The maximum absolute atomic E-state index is 10.6. The number of carbonyl (C=O) groups excluding carboxylic acids is 1. The van der Waals surface area contributed by atoms with Crippen molar-refractivity contribution in [3.05, 3.63) is 16.3 Å². The number of rotatable bonds is 2. The van der Waals surface area contributed by atoms with Gasteiger partial charge in [-0.25, -0.2) is 0 Å². The summed E-state index contributed by atoms with van der Waals surface area (Å²) in [5, 5.41) is 11.5. The lowest BCUT2D eigenvalue weighted by atomic mass is 10.2. The predicted molar refractivity (Wildman–Crippen MR) is 61.8 cm³/mol. The second-order valence-corrected chi connectivity index (χ2v) is 4.84. The Balaban J connectivity index is 2.06. The minimum Gasteiger partial charge on any atom is -0.393 e. The van der Waals surface area contributed by atoms with Gasteiger partial charge in [-0.05, 0) is 25.3 Å². The monoisotopic (exact) mass is 225 g/mol. The van der Waals surface area contributed by atoms with Gasteiger partial charge in [0.15, 0.2) is 6.29 Å². The van der Waals surface area contributed by atoms with Crippen LogP contribution in [0.25, 0.3) is 0 Å². The molecule has 82 valence electrons. The number of thiophene rings is 1. The van der Waals surface area contributed by atoms with Crippen molar-refractivity contribution in [3.8, 4) is 0 Å². The van der Waals surface area contributed by atoms with E-state index in [2.05, 4.69) is 4.90 Å². The molecular formula is C11H15NO2S. The second kappa shape index (κ2) is 4.77. The zero-order valence-electron chi connectivity index (χ0n) is 8.56. The molecule has 2 rings (SSSR count). The van der Waals surface area contributed by atoms with E-state index in [0.717, 1.165) is 49.2 Å². The Kier molecular flexibility index (Phi) is 3.38. The number of hydrogen-bond donors (Lipinski definition) is 1. The van der Waals surface area contributed by atoms with Crippen molar-refractivity contribution in [3.63, 3.8) is 0 Å². The molecule has 2 heterocycles. The Labute approximate surface area is 93.3 Å². The zero-order chi connectivity index (χ0) is 10.7. The van der Waals surface area contributed by atoms with Gasteiger partial charge in [-0.3, -0.25) is 4.79 Å². The van der Waals surface area contributed by atoms with Crippen LogP contribution in [-0.4, -0.2) is 30.6 Å². The van der Waals surface area contributed by atoms with E-state index in [9.17, 15) is 9.90 Å². The van der Waals surface area contributed by atoms with Crippen LogP contribution >= 0.6 is 11.3 Å². The van der Waals surface area contributed by atoms with Crippen LogP contribution in [0.4, 0.5) is 5.69 Å². The highest BCUT2D eigenvalue weighted by molar-refractivity contribution is 7.12. The summed E-state index contributed by atoms with van der Waals surface area (Å²) in [6, 6.07) is 1.93. The molecule has 4 heteroatoms. The van der Waals surface area contributed by atoms with Gasteiger partial charge in [-0.15, -0.1) is 11.3 Å². The molecule has 0 bridgehead atoms. The fourth-order valence-electron chi connectivity index (χ4n) is 1.91. The van der Waals surface area contributed by atoms with Gasteiger partial charge in [-0.1, -0.05) is 0 Å². The van der Waals surface area contributed by atoms with Crippen molar-refractivity contribution in [2.75, 3.05) is 18.0 Å². The summed E-state index contributed by atoms with van der Waals surface area (Å²) in [6.07, 6.45) is 3.47. The van der Waals surface area contributed by atoms with Crippen molar-refractivity contribution in [2.45, 2.75) is 25.4 Å². The highest BCUT2D eigenvalue weighted by Crippen LogP contribution is 2.24. The molecule has 1 aromatic heterocycles. The summed E-state index contributed by atoms with van der Waals surface area (Å²) in [6.45, 7) is 1.86. The third-order valence-electron chi connectivity index (χ3n) is 2.78. The number of aliphatic hydroxyl groups is 1. The Morgan fingerprint density at radius 2 is 2.33 bits per heavy atom. The summed E-state index contributed by atoms with van der Waals surface area (Å²) < 4.78 is 0. The number of aldehydes is 1. The van der Waals surface area contributed by atoms with Crippen LogP contribution in [0, 0.1) is 0 Å². The van der Waals surface area contributed by atoms with E-state index in [-0.39, 0.29) is 6.10 Å². The summed E-state index contributed by atoms with van der Waals surface area (Å²) >= 11 is 1.48. The van der Waals surface area contributed by atoms with Crippen LogP contribution in [0.3, 0.4) is 0 Å². The predicted octanol–water partition coefficient (Wildman–Crippen LogP) is 1.91. The minimum atomic E-state index is -0.154. The summed E-state index contributed by atoms with van der Waals surface area (Å²) in [7, 11) is 0. The SMILES string of the molecule is O=Cc1cc(N2CCCC(O)CC2)cs1. The number of hydrogen-bond acceptors (Lipinski definition) is 4. The highest BCUT2D eigenvalue weighted by atomic mass is 32.1. The van der Waals surface area contributed by atoms with Crippen molar-refractivity contribution in [1.82, 2.24) is 0 Å². The molecule has 3 nitrogen and oxygen atoms in total. The van der Waals surface area contributed by atoms with E-state index in [0.29, 0.717) is 0 Å². The first-order chi connectivity index (χ1) is 7.29. The molecule has 1 saturated heterocycles. The van der Waals surface area contributed by atoms with E-state index in [1.807, 2.05) is 11.4 Å². The number of aliphatic hydroxyl groups excluding tert-OH is 1. The summed E-state index contributed by atoms with van der Waals surface area (Å²) in [5.41, 5.74) is 1.12. The fraction of sp³-hybridized carbons (Fsp3) is 0.545. The van der Waals surface area contributed by atoms with Crippen LogP contribution in [0.5, 0.6) is 0 Å². The van der Waals surface area contributed by atoms with Gasteiger partial charge in [0.25, 0.3) is 0 Å².